The number of halogens is 1. The topological polar surface area (TPSA) is 85.6 Å². The molecule has 0 fully saturated rings. The van der Waals surface area contributed by atoms with Crippen LogP contribution in [0.4, 0.5) is 11.5 Å². The van der Waals surface area contributed by atoms with Crippen molar-refractivity contribution in [2.75, 3.05) is 24.6 Å². The van der Waals surface area contributed by atoms with E-state index in [0.29, 0.717) is 29.0 Å². The zero-order valence-corrected chi connectivity index (χ0v) is 13.1. The summed E-state index contributed by atoms with van der Waals surface area (Å²) in [5.74, 6) is 0.128. The Morgan fingerprint density at radius 2 is 2.20 bits per heavy atom. The SMILES string of the molecule is CCOC(=O)CN(CC)c1ncc([N+](=O)[O-])c(C)c1Br. The Morgan fingerprint density at radius 1 is 1.55 bits per heavy atom. The monoisotopic (exact) mass is 345 g/mol. The Kier molecular flexibility index (Phi) is 5.87. The summed E-state index contributed by atoms with van der Waals surface area (Å²) >= 11 is 3.31. The van der Waals surface area contributed by atoms with Crippen LogP contribution in [-0.4, -0.2) is 35.6 Å². The van der Waals surface area contributed by atoms with Crippen LogP contribution in [0.3, 0.4) is 0 Å². The molecular formula is C12H16BrN3O4. The number of pyridine rings is 1. The van der Waals surface area contributed by atoms with E-state index in [1.807, 2.05) is 6.92 Å². The molecule has 0 aliphatic carbocycles. The van der Waals surface area contributed by atoms with Crippen molar-refractivity contribution in [2.24, 2.45) is 0 Å². The molecule has 0 N–H and O–H groups in total. The molecule has 20 heavy (non-hydrogen) atoms. The number of esters is 1. The van der Waals surface area contributed by atoms with Gasteiger partial charge in [-0.25, -0.2) is 4.98 Å². The van der Waals surface area contributed by atoms with E-state index in [1.165, 1.54) is 6.20 Å². The molecule has 0 spiro atoms. The molecule has 0 amide bonds. The average Bonchev–Trinajstić information content (AvgIpc) is 2.39. The quantitative estimate of drug-likeness (QED) is 0.447. The van der Waals surface area contributed by atoms with Crippen molar-refractivity contribution in [3.8, 4) is 0 Å². The molecule has 1 aromatic heterocycles. The minimum atomic E-state index is -0.488. The smallest absolute Gasteiger partial charge is 0.325 e. The van der Waals surface area contributed by atoms with Crippen LogP contribution >= 0.6 is 15.9 Å². The van der Waals surface area contributed by atoms with Gasteiger partial charge in [0.1, 0.15) is 18.6 Å². The highest BCUT2D eigenvalue weighted by molar-refractivity contribution is 9.10. The molecule has 0 aliphatic heterocycles. The lowest BCUT2D eigenvalue weighted by Crippen LogP contribution is -2.32. The number of anilines is 1. The van der Waals surface area contributed by atoms with Crippen LogP contribution < -0.4 is 4.90 Å². The summed E-state index contributed by atoms with van der Waals surface area (Å²) in [4.78, 5) is 27.7. The zero-order chi connectivity index (χ0) is 15.3. The predicted octanol–water partition coefficient (Wildman–Crippen LogP) is 2.45. The number of ether oxygens (including phenoxy) is 1. The fourth-order valence-corrected chi connectivity index (χ4v) is 2.22. The van der Waals surface area contributed by atoms with E-state index in [9.17, 15) is 14.9 Å². The third-order valence-corrected chi connectivity index (χ3v) is 3.67. The lowest BCUT2D eigenvalue weighted by molar-refractivity contribution is -0.385. The number of hydrogen-bond donors (Lipinski definition) is 0. The second kappa shape index (κ2) is 7.18. The summed E-state index contributed by atoms with van der Waals surface area (Å²) in [5, 5.41) is 10.8. The highest BCUT2D eigenvalue weighted by Gasteiger charge is 2.21. The second-order valence-electron chi connectivity index (χ2n) is 3.98. The third-order valence-electron chi connectivity index (χ3n) is 2.72. The van der Waals surface area contributed by atoms with Gasteiger partial charge in [0, 0.05) is 12.1 Å². The summed E-state index contributed by atoms with van der Waals surface area (Å²) in [5.41, 5.74) is 0.412. The molecule has 1 aromatic rings. The molecular weight excluding hydrogens is 330 g/mol. The van der Waals surface area contributed by atoms with E-state index in [4.69, 9.17) is 4.74 Å². The van der Waals surface area contributed by atoms with E-state index in [0.717, 1.165) is 0 Å². The standard InChI is InChI=1S/C12H16BrN3O4/c1-4-15(7-10(17)20-5-2)12-11(13)8(3)9(6-14-12)16(18)19/h6H,4-5,7H2,1-3H3. The van der Waals surface area contributed by atoms with Crippen molar-refractivity contribution in [3.63, 3.8) is 0 Å². The lowest BCUT2D eigenvalue weighted by Gasteiger charge is -2.22. The van der Waals surface area contributed by atoms with Gasteiger partial charge in [0.15, 0.2) is 0 Å². The van der Waals surface area contributed by atoms with E-state index in [1.54, 1.807) is 18.7 Å². The first-order chi connectivity index (χ1) is 9.42. The summed E-state index contributed by atoms with van der Waals surface area (Å²) in [6.07, 6.45) is 1.20. The molecule has 1 heterocycles. The number of hydrogen-bond acceptors (Lipinski definition) is 6. The largest absolute Gasteiger partial charge is 0.465 e. The van der Waals surface area contributed by atoms with Crippen molar-refractivity contribution in [2.45, 2.75) is 20.8 Å². The highest BCUT2D eigenvalue weighted by Crippen LogP contribution is 2.32. The molecule has 110 valence electrons. The van der Waals surface area contributed by atoms with Crippen LogP contribution in [-0.2, 0) is 9.53 Å². The summed E-state index contributed by atoms with van der Waals surface area (Å²) in [7, 11) is 0. The number of carbonyl (C=O) groups excluding carboxylic acids is 1. The fourth-order valence-electron chi connectivity index (χ4n) is 1.66. The maximum atomic E-state index is 11.5. The summed E-state index contributed by atoms with van der Waals surface area (Å²) < 4.78 is 5.41. The number of nitro groups is 1. The molecule has 0 saturated heterocycles. The van der Waals surface area contributed by atoms with Crippen molar-refractivity contribution < 1.29 is 14.5 Å². The second-order valence-corrected chi connectivity index (χ2v) is 4.78. The number of aromatic nitrogens is 1. The minimum absolute atomic E-state index is 0.0488. The van der Waals surface area contributed by atoms with Crippen LogP contribution in [0.1, 0.15) is 19.4 Å². The molecule has 0 atom stereocenters. The van der Waals surface area contributed by atoms with Gasteiger partial charge >= 0.3 is 5.97 Å². The number of rotatable bonds is 6. The highest BCUT2D eigenvalue weighted by atomic mass is 79.9. The van der Waals surface area contributed by atoms with Gasteiger partial charge in [-0.3, -0.25) is 14.9 Å². The normalized spacial score (nSPS) is 10.2. The maximum absolute atomic E-state index is 11.5. The van der Waals surface area contributed by atoms with Gasteiger partial charge in [-0.05, 0) is 36.7 Å². The predicted molar refractivity (Wildman–Crippen MR) is 77.8 cm³/mol. The first-order valence-electron chi connectivity index (χ1n) is 6.12. The van der Waals surface area contributed by atoms with E-state index in [2.05, 4.69) is 20.9 Å². The molecule has 0 saturated carbocycles. The maximum Gasteiger partial charge on any atom is 0.325 e. The van der Waals surface area contributed by atoms with Crippen molar-refractivity contribution in [1.29, 1.82) is 0 Å². The van der Waals surface area contributed by atoms with Crippen LogP contribution in [0.15, 0.2) is 10.7 Å². The lowest BCUT2D eigenvalue weighted by atomic mass is 10.2. The van der Waals surface area contributed by atoms with Gasteiger partial charge in [0.05, 0.1) is 16.0 Å². The van der Waals surface area contributed by atoms with Crippen molar-refractivity contribution in [3.05, 3.63) is 26.3 Å². The Morgan fingerprint density at radius 3 is 2.70 bits per heavy atom. The van der Waals surface area contributed by atoms with Gasteiger partial charge in [-0.2, -0.15) is 0 Å². The van der Waals surface area contributed by atoms with Gasteiger partial charge in [-0.15, -0.1) is 0 Å². The Hall–Kier alpha value is -1.70. The van der Waals surface area contributed by atoms with Crippen LogP contribution in [0.25, 0.3) is 0 Å². The van der Waals surface area contributed by atoms with Crippen molar-refractivity contribution in [1.82, 2.24) is 4.98 Å². The summed E-state index contributed by atoms with van der Waals surface area (Å²) in [6, 6.07) is 0. The van der Waals surface area contributed by atoms with Gasteiger partial charge < -0.3 is 9.64 Å². The first kappa shape index (κ1) is 16.4. The number of likely N-dealkylation sites (N-methyl/N-ethyl adjacent to an activating group) is 1. The Balaban J connectivity index is 3.08. The third kappa shape index (κ3) is 3.66. The van der Waals surface area contributed by atoms with Crippen LogP contribution in [0.5, 0.6) is 0 Å². The molecule has 8 heteroatoms. The van der Waals surface area contributed by atoms with Gasteiger partial charge in [0.2, 0.25) is 0 Å². The van der Waals surface area contributed by atoms with Gasteiger partial charge in [0.25, 0.3) is 5.69 Å². The van der Waals surface area contributed by atoms with E-state index in [-0.39, 0.29) is 18.2 Å². The van der Waals surface area contributed by atoms with E-state index >= 15 is 0 Å². The molecule has 7 nitrogen and oxygen atoms in total. The minimum Gasteiger partial charge on any atom is -0.465 e. The number of carbonyl (C=O) groups is 1. The Bertz CT molecular complexity index is 522. The molecule has 1 rings (SSSR count). The molecule has 0 bridgehead atoms. The average molecular weight is 346 g/mol. The number of nitrogens with zero attached hydrogens (tertiary/aromatic N) is 3. The van der Waals surface area contributed by atoms with Crippen LogP contribution in [0, 0.1) is 17.0 Å². The molecule has 0 radical (unpaired) electrons. The summed E-state index contributed by atoms with van der Waals surface area (Å²) in [6.45, 7) is 6.12. The fraction of sp³-hybridized carbons (Fsp3) is 0.500. The molecule has 0 unspecified atom stereocenters. The molecule has 0 aliphatic rings. The van der Waals surface area contributed by atoms with E-state index < -0.39 is 4.92 Å². The first-order valence-corrected chi connectivity index (χ1v) is 6.91. The Labute approximate surface area is 125 Å². The van der Waals surface area contributed by atoms with Crippen molar-refractivity contribution >= 4 is 33.4 Å². The molecule has 0 aromatic carbocycles. The van der Waals surface area contributed by atoms with Gasteiger partial charge in [-0.1, -0.05) is 0 Å². The zero-order valence-electron chi connectivity index (χ0n) is 11.6. The van der Waals surface area contributed by atoms with Crippen LogP contribution in [0.2, 0.25) is 0 Å².